The van der Waals surface area contributed by atoms with E-state index in [9.17, 15) is 9.59 Å². The van der Waals surface area contributed by atoms with Crippen molar-refractivity contribution in [2.75, 3.05) is 5.32 Å². The van der Waals surface area contributed by atoms with E-state index in [1.807, 2.05) is 26.8 Å². The molecule has 0 saturated heterocycles. The minimum Gasteiger partial charge on any atom is -0.377 e. The molecule has 0 aliphatic carbocycles. The molecule has 1 unspecified atom stereocenters. The number of H-pyrrole nitrogens is 1. The molecule has 4 heterocycles. The second-order valence-electron chi connectivity index (χ2n) is 7.95. The third-order valence-corrected chi connectivity index (χ3v) is 5.91. The number of aromatic nitrogens is 6. The van der Waals surface area contributed by atoms with Crippen LogP contribution in [0.5, 0.6) is 0 Å². The van der Waals surface area contributed by atoms with Crippen LogP contribution in [0.4, 0.5) is 5.69 Å². The van der Waals surface area contributed by atoms with Crippen molar-refractivity contribution in [2.45, 2.75) is 33.4 Å². The Hall–Kier alpha value is -3.92. The molecule has 10 nitrogen and oxygen atoms in total. The molecule has 5 rings (SSSR count). The molecule has 11 heteroatoms. The van der Waals surface area contributed by atoms with Crippen LogP contribution in [-0.4, -0.2) is 29.5 Å². The van der Waals surface area contributed by atoms with Gasteiger partial charge in [-0.15, -0.1) is 0 Å². The van der Waals surface area contributed by atoms with Crippen LogP contribution >= 0.6 is 11.6 Å². The molecule has 5 aromatic rings. The molecular formula is C23H22ClN7O3. The van der Waals surface area contributed by atoms with Crippen molar-refractivity contribution >= 4 is 39.1 Å². The Balaban J connectivity index is 1.75. The van der Waals surface area contributed by atoms with E-state index in [-0.39, 0.29) is 27.7 Å². The fraction of sp³-hybridized carbons (Fsp3) is 0.261. The first-order valence-corrected chi connectivity index (χ1v) is 10.9. The Bertz CT molecular complexity index is 1790. The van der Waals surface area contributed by atoms with E-state index >= 15 is 0 Å². The van der Waals surface area contributed by atoms with Gasteiger partial charge in [0.15, 0.2) is 0 Å². The summed E-state index contributed by atoms with van der Waals surface area (Å²) in [4.78, 5) is 31.9. The Morgan fingerprint density at radius 3 is 2.82 bits per heavy atom. The lowest BCUT2D eigenvalue weighted by atomic mass is 9.95. The van der Waals surface area contributed by atoms with E-state index in [4.69, 9.17) is 15.7 Å². The van der Waals surface area contributed by atoms with Crippen LogP contribution in [0.25, 0.3) is 33.3 Å². The predicted octanol–water partition coefficient (Wildman–Crippen LogP) is 3.78. The van der Waals surface area contributed by atoms with Crippen LogP contribution in [0.15, 0.2) is 44.6 Å². The number of nitrogens with one attached hydrogen (secondary N) is 2. The predicted molar refractivity (Wildman–Crippen MR) is 130 cm³/mol. The molecule has 1 atom stereocenters. The van der Waals surface area contributed by atoms with Crippen LogP contribution in [0.3, 0.4) is 0 Å². The highest BCUT2D eigenvalue weighted by molar-refractivity contribution is 6.29. The Morgan fingerprint density at radius 2 is 2.12 bits per heavy atom. The summed E-state index contributed by atoms with van der Waals surface area (Å²) in [6.45, 7) is 3.25. The number of hydrogen-bond donors (Lipinski definition) is 2. The molecule has 2 N–H and O–H groups in total. The number of fused-ring (bicyclic) bond motifs is 3. The van der Waals surface area contributed by atoms with Gasteiger partial charge in [0, 0.05) is 39.8 Å². The smallest absolute Gasteiger partial charge is 0.377 e. The van der Waals surface area contributed by atoms with Gasteiger partial charge in [0.05, 0.1) is 11.9 Å². The second kappa shape index (κ2) is 8.14. The summed E-state index contributed by atoms with van der Waals surface area (Å²) in [6, 6.07) is 6.50. The van der Waals surface area contributed by atoms with E-state index in [0.29, 0.717) is 23.0 Å². The molecule has 1 aromatic carbocycles. The summed E-state index contributed by atoms with van der Waals surface area (Å²) in [6.07, 6.45) is 1.59. The van der Waals surface area contributed by atoms with Crippen molar-refractivity contribution in [3.63, 3.8) is 0 Å². The molecule has 0 spiro atoms. The number of anilines is 1. The van der Waals surface area contributed by atoms with Gasteiger partial charge < -0.3 is 5.32 Å². The van der Waals surface area contributed by atoms with Gasteiger partial charge in [-0.05, 0) is 50.1 Å². The number of aromatic amines is 1. The van der Waals surface area contributed by atoms with Gasteiger partial charge in [0.1, 0.15) is 16.5 Å². The third kappa shape index (κ3) is 3.47. The topological polar surface area (TPSA) is 124 Å². The molecule has 0 amide bonds. The number of nitrogens with zero attached hydrogens (tertiary/aromatic N) is 5. The minimum absolute atomic E-state index is 0.100. The van der Waals surface area contributed by atoms with Gasteiger partial charge in [-0.2, -0.15) is 5.10 Å². The van der Waals surface area contributed by atoms with E-state index in [2.05, 4.69) is 30.1 Å². The maximum absolute atomic E-state index is 13.6. The van der Waals surface area contributed by atoms with E-state index in [0.717, 1.165) is 15.7 Å². The highest BCUT2D eigenvalue weighted by Gasteiger charge is 2.21. The van der Waals surface area contributed by atoms with Crippen LogP contribution in [0.2, 0.25) is 5.15 Å². The number of halogens is 1. The maximum atomic E-state index is 13.6. The largest absolute Gasteiger partial charge is 0.439 e. The number of benzene rings is 1. The number of aryl methyl sites for hydroxylation is 3. The van der Waals surface area contributed by atoms with Gasteiger partial charge in [-0.25, -0.2) is 14.5 Å². The van der Waals surface area contributed by atoms with Gasteiger partial charge >= 0.3 is 5.76 Å². The van der Waals surface area contributed by atoms with Gasteiger partial charge in [-0.3, -0.25) is 18.9 Å². The minimum atomic E-state index is -2.69. The highest BCUT2D eigenvalue weighted by atomic mass is 35.5. The lowest BCUT2D eigenvalue weighted by Crippen LogP contribution is -2.20. The Kier molecular flexibility index (Phi) is 4.43. The highest BCUT2D eigenvalue weighted by Crippen LogP contribution is 2.34. The first kappa shape index (κ1) is 18.5. The maximum Gasteiger partial charge on any atom is 0.439 e. The normalized spacial score (nSPS) is 14.2. The molecule has 0 radical (unpaired) electrons. The van der Waals surface area contributed by atoms with Gasteiger partial charge in [-0.1, -0.05) is 22.8 Å². The molecule has 0 bridgehead atoms. The van der Waals surface area contributed by atoms with Gasteiger partial charge in [0.25, 0.3) is 5.56 Å². The molecule has 0 fully saturated rings. The average Bonchev–Trinajstić information content (AvgIpc) is 3.45. The number of pyridine rings is 2. The average molecular weight is 483 g/mol. The lowest BCUT2D eigenvalue weighted by Gasteiger charge is -2.21. The van der Waals surface area contributed by atoms with Crippen molar-refractivity contribution in [3.8, 4) is 11.5 Å². The molecule has 0 aliphatic heterocycles. The monoisotopic (exact) mass is 482 g/mol. The summed E-state index contributed by atoms with van der Waals surface area (Å²) in [5.41, 5.74) is 1.92. The van der Waals surface area contributed by atoms with Crippen molar-refractivity contribution < 1.29 is 8.64 Å². The van der Waals surface area contributed by atoms with Crippen molar-refractivity contribution in [3.05, 3.63) is 67.6 Å². The second-order valence-corrected chi connectivity index (χ2v) is 8.34. The summed E-state index contributed by atoms with van der Waals surface area (Å²) >= 11 is 6.09. The summed E-state index contributed by atoms with van der Waals surface area (Å²) in [5, 5.41) is 13.1. The third-order valence-electron chi connectivity index (χ3n) is 5.70. The lowest BCUT2D eigenvalue weighted by molar-refractivity contribution is 0.388. The van der Waals surface area contributed by atoms with E-state index in [1.54, 1.807) is 24.4 Å². The summed E-state index contributed by atoms with van der Waals surface area (Å²) < 4.78 is 31.1. The van der Waals surface area contributed by atoms with E-state index < -0.39 is 24.3 Å². The molecule has 174 valence electrons. The SMILES string of the molecule is [2H]C([2H])([2H])n1c(=O)c2cc(C)cc(C(C)Nc3ccc(Cl)nc3-c3noc(=O)[nH]3)c2c2cnn(CC)c21. The summed E-state index contributed by atoms with van der Waals surface area (Å²) in [7, 11) is 0. The fourth-order valence-corrected chi connectivity index (χ4v) is 4.39. The molecule has 0 aliphatic rings. The fourth-order valence-electron chi connectivity index (χ4n) is 4.24. The number of rotatable bonds is 5. The van der Waals surface area contributed by atoms with Gasteiger partial charge in [0.2, 0.25) is 5.82 Å². The number of hydrogen-bond acceptors (Lipinski definition) is 7. The van der Waals surface area contributed by atoms with Crippen LogP contribution in [-0.2, 0) is 13.5 Å². The first-order chi connectivity index (χ1) is 17.5. The zero-order valence-corrected chi connectivity index (χ0v) is 19.3. The van der Waals surface area contributed by atoms with E-state index in [1.165, 1.54) is 4.68 Å². The first-order valence-electron chi connectivity index (χ1n) is 12.0. The molecule has 34 heavy (non-hydrogen) atoms. The van der Waals surface area contributed by atoms with Crippen LogP contribution in [0.1, 0.15) is 35.1 Å². The Labute approximate surface area is 202 Å². The zero-order chi connectivity index (χ0) is 26.6. The standard InChI is InChI=1S/C23H22ClN7O3/c1-5-31-21-15(10-25-31)18-13(8-11(2)9-14(18)22(32)30(21)4)12(3)26-16-6-7-17(24)27-19(16)20-28-23(33)34-29-20/h6-10,12,26H,5H2,1-4H3,(H,28,29,33)/i4D3. The van der Waals surface area contributed by atoms with Crippen LogP contribution < -0.4 is 16.6 Å². The molecule has 0 saturated carbocycles. The molecule has 4 aromatic heterocycles. The zero-order valence-electron chi connectivity index (χ0n) is 21.5. The Morgan fingerprint density at radius 1 is 1.29 bits per heavy atom. The molecular weight excluding hydrogens is 458 g/mol. The quantitative estimate of drug-likeness (QED) is 0.365. The van der Waals surface area contributed by atoms with Crippen molar-refractivity contribution in [1.82, 2.24) is 29.5 Å². The van der Waals surface area contributed by atoms with Crippen molar-refractivity contribution in [1.29, 1.82) is 0 Å². The van der Waals surface area contributed by atoms with Crippen LogP contribution in [0, 0.1) is 6.92 Å². The van der Waals surface area contributed by atoms with Crippen molar-refractivity contribution in [2.24, 2.45) is 6.98 Å². The summed E-state index contributed by atoms with van der Waals surface area (Å²) in [5.74, 6) is -0.634.